The molecule has 2 rings (SSSR count). The van der Waals surface area contributed by atoms with Gasteiger partial charge in [-0.05, 0) is 59.1 Å². The summed E-state index contributed by atoms with van der Waals surface area (Å²) in [7, 11) is 0. The molecular formula is C15H15BrN2S. The van der Waals surface area contributed by atoms with E-state index in [0.29, 0.717) is 4.99 Å². The van der Waals surface area contributed by atoms with Crippen LogP contribution in [0.5, 0.6) is 0 Å². The van der Waals surface area contributed by atoms with Crippen molar-refractivity contribution < 1.29 is 0 Å². The van der Waals surface area contributed by atoms with Gasteiger partial charge in [-0.15, -0.1) is 0 Å². The second kappa shape index (κ2) is 5.72. The Bertz CT molecular complexity index is 638. The van der Waals surface area contributed by atoms with Gasteiger partial charge >= 0.3 is 0 Å². The average Bonchev–Trinajstić information content (AvgIpc) is 2.33. The average molecular weight is 335 g/mol. The molecule has 98 valence electrons. The summed E-state index contributed by atoms with van der Waals surface area (Å²) in [6, 6.07) is 12.2. The molecule has 2 aromatic carbocycles. The monoisotopic (exact) mass is 334 g/mol. The molecule has 2 aromatic rings. The standard InChI is InChI=1S/C15H15BrN2S/c1-9-6-7-10(2)13(8-9)18-12-5-3-4-11(16)14(12)15(17)19/h3-8,18H,1-2H3,(H2,17,19). The Morgan fingerprint density at radius 1 is 1.16 bits per heavy atom. The Morgan fingerprint density at radius 3 is 2.58 bits per heavy atom. The first-order chi connectivity index (χ1) is 8.99. The Labute approximate surface area is 127 Å². The van der Waals surface area contributed by atoms with Crippen molar-refractivity contribution in [2.24, 2.45) is 5.73 Å². The van der Waals surface area contributed by atoms with Crippen molar-refractivity contribution in [3.8, 4) is 0 Å². The molecule has 19 heavy (non-hydrogen) atoms. The number of nitrogens with two attached hydrogens (primary N) is 1. The lowest BCUT2D eigenvalue weighted by atomic mass is 10.1. The lowest BCUT2D eigenvalue weighted by Crippen LogP contribution is -2.13. The zero-order valence-electron chi connectivity index (χ0n) is 10.8. The lowest BCUT2D eigenvalue weighted by Gasteiger charge is -2.15. The summed E-state index contributed by atoms with van der Waals surface area (Å²) < 4.78 is 0.898. The molecule has 4 heteroatoms. The van der Waals surface area contributed by atoms with Crippen LogP contribution in [-0.4, -0.2) is 4.99 Å². The molecular weight excluding hydrogens is 320 g/mol. The molecule has 0 saturated heterocycles. The number of aryl methyl sites for hydroxylation is 2. The predicted octanol–water partition coefficient (Wildman–Crippen LogP) is 4.44. The summed E-state index contributed by atoms with van der Waals surface area (Å²) in [5.74, 6) is 0. The van der Waals surface area contributed by atoms with Gasteiger partial charge < -0.3 is 11.1 Å². The molecule has 0 aliphatic heterocycles. The van der Waals surface area contributed by atoms with Crippen LogP contribution in [0.1, 0.15) is 16.7 Å². The summed E-state index contributed by atoms with van der Waals surface area (Å²) in [6.45, 7) is 4.14. The van der Waals surface area contributed by atoms with Gasteiger partial charge in [0.1, 0.15) is 4.99 Å². The zero-order chi connectivity index (χ0) is 14.0. The van der Waals surface area contributed by atoms with Crippen molar-refractivity contribution in [2.45, 2.75) is 13.8 Å². The first-order valence-corrected chi connectivity index (χ1v) is 7.12. The minimum Gasteiger partial charge on any atom is -0.389 e. The minimum absolute atomic E-state index is 0.375. The third-order valence-electron chi connectivity index (χ3n) is 2.92. The third kappa shape index (κ3) is 3.14. The molecule has 0 radical (unpaired) electrons. The van der Waals surface area contributed by atoms with Gasteiger partial charge in [0.05, 0.1) is 0 Å². The van der Waals surface area contributed by atoms with Gasteiger partial charge in [-0.25, -0.2) is 0 Å². The van der Waals surface area contributed by atoms with E-state index in [9.17, 15) is 0 Å². The highest BCUT2D eigenvalue weighted by molar-refractivity contribution is 9.10. The number of nitrogens with one attached hydrogen (secondary N) is 1. The van der Waals surface area contributed by atoms with Gasteiger partial charge in [-0.2, -0.15) is 0 Å². The summed E-state index contributed by atoms with van der Waals surface area (Å²) in [6.07, 6.45) is 0. The molecule has 2 nitrogen and oxygen atoms in total. The second-order valence-corrected chi connectivity index (χ2v) is 5.76. The molecule has 0 atom stereocenters. The fourth-order valence-electron chi connectivity index (χ4n) is 1.89. The first kappa shape index (κ1) is 14.0. The number of benzene rings is 2. The van der Waals surface area contributed by atoms with E-state index in [1.807, 2.05) is 18.2 Å². The van der Waals surface area contributed by atoms with Crippen molar-refractivity contribution in [1.29, 1.82) is 0 Å². The highest BCUT2D eigenvalue weighted by Crippen LogP contribution is 2.29. The first-order valence-electron chi connectivity index (χ1n) is 5.91. The fourth-order valence-corrected chi connectivity index (χ4v) is 2.83. The van der Waals surface area contributed by atoms with Crippen LogP contribution in [0.2, 0.25) is 0 Å². The van der Waals surface area contributed by atoms with Crippen molar-refractivity contribution in [2.75, 3.05) is 5.32 Å². The van der Waals surface area contributed by atoms with E-state index in [1.54, 1.807) is 0 Å². The molecule has 0 aliphatic carbocycles. The Morgan fingerprint density at radius 2 is 1.89 bits per heavy atom. The normalized spacial score (nSPS) is 10.3. The summed E-state index contributed by atoms with van der Waals surface area (Å²) >= 11 is 8.61. The predicted molar refractivity (Wildman–Crippen MR) is 89.2 cm³/mol. The Hall–Kier alpha value is -1.39. The molecule has 0 fully saturated rings. The maximum Gasteiger partial charge on any atom is 0.107 e. The molecule has 3 N–H and O–H groups in total. The Balaban J connectivity index is 2.46. The highest BCUT2D eigenvalue weighted by Gasteiger charge is 2.10. The number of anilines is 2. The van der Waals surface area contributed by atoms with Gasteiger partial charge in [0, 0.05) is 21.4 Å². The van der Waals surface area contributed by atoms with Crippen LogP contribution in [-0.2, 0) is 0 Å². The maximum absolute atomic E-state index is 5.80. The van der Waals surface area contributed by atoms with Crippen LogP contribution < -0.4 is 11.1 Å². The smallest absolute Gasteiger partial charge is 0.107 e. The van der Waals surface area contributed by atoms with E-state index in [-0.39, 0.29) is 0 Å². The summed E-state index contributed by atoms with van der Waals surface area (Å²) in [4.78, 5) is 0.375. The third-order valence-corrected chi connectivity index (χ3v) is 3.79. The summed E-state index contributed by atoms with van der Waals surface area (Å²) in [5.41, 5.74) is 11.0. The van der Waals surface area contributed by atoms with Crippen molar-refractivity contribution in [1.82, 2.24) is 0 Å². The van der Waals surface area contributed by atoms with Crippen molar-refractivity contribution in [3.63, 3.8) is 0 Å². The largest absolute Gasteiger partial charge is 0.389 e. The SMILES string of the molecule is Cc1ccc(C)c(Nc2cccc(Br)c2C(N)=S)c1. The molecule has 0 amide bonds. The van der Waals surface area contributed by atoms with Gasteiger partial charge in [0.2, 0.25) is 0 Å². The van der Waals surface area contributed by atoms with Crippen LogP contribution >= 0.6 is 28.1 Å². The topological polar surface area (TPSA) is 38.0 Å². The lowest BCUT2D eigenvalue weighted by molar-refractivity contribution is 1.37. The van der Waals surface area contributed by atoms with Gasteiger partial charge in [-0.3, -0.25) is 0 Å². The Kier molecular flexibility index (Phi) is 4.22. The van der Waals surface area contributed by atoms with E-state index in [0.717, 1.165) is 21.4 Å². The molecule has 0 spiro atoms. The fraction of sp³-hybridized carbons (Fsp3) is 0.133. The maximum atomic E-state index is 5.80. The molecule has 0 unspecified atom stereocenters. The highest BCUT2D eigenvalue weighted by atomic mass is 79.9. The van der Waals surface area contributed by atoms with E-state index < -0.39 is 0 Å². The number of halogens is 1. The van der Waals surface area contributed by atoms with Crippen LogP contribution in [0.4, 0.5) is 11.4 Å². The van der Waals surface area contributed by atoms with E-state index in [1.165, 1.54) is 11.1 Å². The van der Waals surface area contributed by atoms with Crippen LogP contribution in [0.25, 0.3) is 0 Å². The number of hydrogen-bond donors (Lipinski definition) is 2. The van der Waals surface area contributed by atoms with Crippen LogP contribution in [0.15, 0.2) is 40.9 Å². The second-order valence-electron chi connectivity index (χ2n) is 4.47. The van der Waals surface area contributed by atoms with Crippen molar-refractivity contribution >= 4 is 44.5 Å². The summed E-state index contributed by atoms with van der Waals surface area (Å²) in [5, 5.41) is 3.41. The number of hydrogen-bond acceptors (Lipinski definition) is 2. The van der Waals surface area contributed by atoms with Gasteiger partial charge in [0.25, 0.3) is 0 Å². The molecule has 0 aromatic heterocycles. The van der Waals surface area contributed by atoms with E-state index >= 15 is 0 Å². The number of thiocarbonyl (C=S) groups is 1. The molecule has 0 bridgehead atoms. The molecule has 0 heterocycles. The zero-order valence-corrected chi connectivity index (χ0v) is 13.2. The van der Waals surface area contributed by atoms with Crippen molar-refractivity contribution in [3.05, 3.63) is 57.6 Å². The van der Waals surface area contributed by atoms with E-state index in [4.69, 9.17) is 18.0 Å². The van der Waals surface area contributed by atoms with Crippen LogP contribution in [0, 0.1) is 13.8 Å². The number of rotatable bonds is 3. The van der Waals surface area contributed by atoms with E-state index in [2.05, 4.69) is 53.3 Å². The molecule has 0 aliphatic rings. The minimum atomic E-state index is 0.375. The van der Waals surface area contributed by atoms with Gasteiger partial charge in [-0.1, -0.05) is 30.4 Å². The van der Waals surface area contributed by atoms with Gasteiger partial charge in [0.15, 0.2) is 0 Å². The quantitative estimate of drug-likeness (QED) is 0.814. The van der Waals surface area contributed by atoms with Crippen LogP contribution in [0.3, 0.4) is 0 Å². The molecule has 0 saturated carbocycles.